The average molecular weight is 320 g/mol. The van der Waals surface area contributed by atoms with E-state index >= 15 is 0 Å². The van der Waals surface area contributed by atoms with Crippen molar-refractivity contribution in [1.29, 1.82) is 0 Å². The van der Waals surface area contributed by atoms with Crippen molar-refractivity contribution in [3.05, 3.63) is 46.7 Å². The molecule has 7 heteroatoms. The maximum Gasteiger partial charge on any atom is 0.413 e. The van der Waals surface area contributed by atoms with Gasteiger partial charge >= 0.3 is 6.09 Å². The van der Waals surface area contributed by atoms with Crippen LogP contribution in [-0.2, 0) is 13.0 Å². The van der Waals surface area contributed by atoms with Gasteiger partial charge in [0.25, 0.3) is 0 Å². The van der Waals surface area contributed by atoms with Gasteiger partial charge in [-0.3, -0.25) is 4.90 Å². The van der Waals surface area contributed by atoms with Crippen molar-refractivity contribution in [3.8, 4) is 5.88 Å². The van der Waals surface area contributed by atoms with E-state index in [0.717, 1.165) is 5.56 Å². The van der Waals surface area contributed by atoms with E-state index in [9.17, 15) is 9.90 Å². The van der Waals surface area contributed by atoms with Crippen LogP contribution in [0, 0.1) is 0 Å². The van der Waals surface area contributed by atoms with E-state index < -0.39 is 6.09 Å². The zero-order valence-electron chi connectivity index (χ0n) is 11.7. The van der Waals surface area contributed by atoms with Gasteiger partial charge in [-0.25, -0.2) is 4.79 Å². The molecule has 0 unspecified atom stereocenters. The number of rotatable bonds is 3. The van der Waals surface area contributed by atoms with Crippen molar-refractivity contribution < 1.29 is 14.6 Å². The van der Waals surface area contributed by atoms with Crippen LogP contribution in [0.4, 0.5) is 10.6 Å². The number of hydrogen-bond acceptors (Lipinski definition) is 4. The van der Waals surface area contributed by atoms with Gasteiger partial charge in [0.05, 0.1) is 5.56 Å². The Morgan fingerprint density at radius 3 is 2.82 bits per heavy atom. The van der Waals surface area contributed by atoms with Crippen LogP contribution < -0.4 is 9.64 Å². The zero-order valence-corrected chi connectivity index (χ0v) is 12.5. The number of halogens is 1. The maximum absolute atomic E-state index is 11.3. The molecule has 6 nitrogen and oxygen atoms in total. The predicted octanol–water partition coefficient (Wildman–Crippen LogP) is 3.14. The van der Waals surface area contributed by atoms with Crippen molar-refractivity contribution in [1.82, 2.24) is 9.97 Å². The van der Waals surface area contributed by atoms with E-state index in [2.05, 4.69) is 9.97 Å². The second-order valence-corrected chi connectivity index (χ2v) is 5.25. The molecule has 1 amide bonds. The van der Waals surface area contributed by atoms with Crippen molar-refractivity contribution in [3.63, 3.8) is 0 Å². The van der Waals surface area contributed by atoms with Crippen molar-refractivity contribution in [2.45, 2.75) is 19.4 Å². The Hall–Kier alpha value is -2.34. The Kier molecular flexibility index (Phi) is 4.11. The molecular weight excluding hydrogens is 306 g/mol. The summed E-state index contributed by atoms with van der Waals surface area (Å²) in [6.07, 6.45) is 0.316. The molecule has 1 aliphatic heterocycles. The quantitative estimate of drug-likeness (QED) is 0.880. The molecule has 0 radical (unpaired) electrons. The SMILES string of the molecule is O=C(O)N1CCCc2c(OCc3ccccc3)nc(Cl)nc21. The highest BCUT2D eigenvalue weighted by Gasteiger charge is 2.27. The Bertz CT molecular complexity index is 694. The van der Waals surface area contributed by atoms with Crippen LogP contribution in [0.15, 0.2) is 30.3 Å². The highest BCUT2D eigenvalue weighted by Crippen LogP contribution is 2.33. The van der Waals surface area contributed by atoms with E-state index in [1.165, 1.54) is 4.90 Å². The summed E-state index contributed by atoms with van der Waals surface area (Å²) in [5.41, 5.74) is 1.69. The molecule has 1 aromatic heterocycles. The Balaban J connectivity index is 1.90. The van der Waals surface area contributed by atoms with Crippen molar-refractivity contribution in [2.24, 2.45) is 0 Å². The smallest absolute Gasteiger partial charge is 0.413 e. The number of fused-ring (bicyclic) bond motifs is 1. The first-order valence-corrected chi connectivity index (χ1v) is 7.26. The molecule has 1 aliphatic rings. The lowest BCUT2D eigenvalue weighted by Gasteiger charge is -2.26. The second kappa shape index (κ2) is 6.19. The summed E-state index contributed by atoms with van der Waals surface area (Å²) in [6.45, 7) is 0.738. The minimum Gasteiger partial charge on any atom is -0.472 e. The molecule has 0 saturated heterocycles. The van der Waals surface area contributed by atoms with Crippen LogP contribution in [0.3, 0.4) is 0 Å². The molecule has 0 bridgehead atoms. The summed E-state index contributed by atoms with van der Waals surface area (Å²) in [5.74, 6) is 0.673. The number of hydrogen-bond donors (Lipinski definition) is 1. The second-order valence-electron chi connectivity index (χ2n) is 4.91. The lowest BCUT2D eigenvalue weighted by molar-refractivity contribution is 0.201. The topological polar surface area (TPSA) is 75.5 Å². The molecule has 1 N–H and O–H groups in total. The summed E-state index contributed by atoms with van der Waals surface area (Å²) in [4.78, 5) is 20.6. The number of amides is 1. The minimum absolute atomic E-state index is 0.0186. The van der Waals surface area contributed by atoms with Crippen molar-refractivity contribution in [2.75, 3.05) is 11.4 Å². The number of aromatic nitrogens is 2. The Morgan fingerprint density at radius 2 is 2.09 bits per heavy atom. The van der Waals surface area contributed by atoms with Crippen LogP contribution in [0.5, 0.6) is 5.88 Å². The molecule has 22 heavy (non-hydrogen) atoms. The third kappa shape index (κ3) is 2.96. The van der Waals surface area contributed by atoms with Crippen molar-refractivity contribution >= 4 is 23.5 Å². The summed E-state index contributed by atoms with van der Waals surface area (Å²) < 4.78 is 5.74. The first-order chi connectivity index (χ1) is 10.6. The van der Waals surface area contributed by atoms with Gasteiger partial charge < -0.3 is 9.84 Å². The largest absolute Gasteiger partial charge is 0.472 e. The number of anilines is 1. The van der Waals surface area contributed by atoms with Gasteiger partial charge in [0.2, 0.25) is 11.2 Å². The highest BCUT2D eigenvalue weighted by molar-refractivity contribution is 6.28. The standard InChI is InChI=1S/C15H14ClN3O3/c16-14-17-12-11(7-4-8-19(12)15(20)21)13(18-14)22-9-10-5-2-1-3-6-10/h1-3,5-6H,4,7-9H2,(H,20,21). The Labute approximate surface area is 132 Å². The predicted molar refractivity (Wildman–Crippen MR) is 81.5 cm³/mol. The summed E-state index contributed by atoms with van der Waals surface area (Å²) in [5, 5.41) is 9.24. The maximum atomic E-state index is 11.3. The molecule has 1 aromatic carbocycles. The fourth-order valence-corrected chi connectivity index (χ4v) is 2.58. The number of benzene rings is 1. The monoisotopic (exact) mass is 319 g/mol. The molecule has 2 heterocycles. The normalized spacial score (nSPS) is 13.6. The third-order valence-corrected chi connectivity index (χ3v) is 3.60. The molecule has 0 spiro atoms. The number of carbonyl (C=O) groups is 1. The first kappa shape index (κ1) is 14.6. The fourth-order valence-electron chi connectivity index (χ4n) is 2.42. The Morgan fingerprint density at radius 1 is 1.32 bits per heavy atom. The number of ether oxygens (including phenoxy) is 1. The molecule has 3 rings (SSSR count). The van der Waals surface area contributed by atoms with Gasteiger partial charge in [0, 0.05) is 6.54 Å². The van der Waals surface area contributed by atoms with Crippen LogP contribution in [-0.4, -0.2) is 27.7 Å². The molecule has 0 fully saturated rings. The fraction of sp³-hybridized carbons (Fsp3) is 0.267. The average Bonchev–Trinajstić information content (AvgIpc) is 2.52. The van der Waals surface area contributed by atoms with Gasteiger partial charge in [0.1, 0.15) is 12.4 Å². The van der Waals surface area contributed by atoms with E-state index in [-0.39, 0.29) is 5.28 Å². The molecule has 0 saturated carbocycles. The van der Waals surface area contributed by atoms with Crippen LogP contribution in [0.25, 0.3) is 0 Å². The van der Waals surface area contributed by atoms with E-state index in [1.54, 1.807) is 0 Å². The van der Waals surface area contributed by atoms with Gasteiger partial charge in [-0.05, 0) is 30.0 Å². The summed E-state index contributed by atoms with van der Waals surface area (Å²) in [7, 11) is 0. The van der Waals surface area contributed by atoms with Gasteiger partial charge in [-0.2, -0.15) is 9.97 Å². The summed E-state index contributed by atoms with van der Waals surface area (Å²) in [6, 6.07) is 9.66. The number of carboxylic acid groups (broad SMARTS) is 1. The zero-order chi connectivity index (χ0) is 15.5. The van der Waals surface area contributed by atoms with Crippen LogP contribution in [0.1, 0.15) is 17.5 Å². The highest BCUT2D eigenvalue weighted by atomic mass is 35.5. The first-order valence-electron chi connectivity index (χ1n) is 6.89. The van der Waals surface area contributed by atoms with Gasteiger partial charge in [-0.1, -0.05) is 30.3 Å². The lowest BCUT2D eigenvalue weighted by Crippen LogP contribution is -2.35. The molecule has 2 aromatic rings. The van der Waals surface area contributed by atoms with E-state index in [1.807, 2.05) is 30.3 Å². The molecule has 114 valence electrons. The third-order valence-electron chi connectivity index (χ3n) is 3.43. The minimum atomic E-state index is -1.05. The molecule has 0 aliphatic carbocycles. The van der Waals surface area contributed by atoms with Crippen LogP contribution in [0.2, 0.25) is 5.28 Å². The lowest BCUT2D eigenvalue weighted by atomic mass is 10.1. The summed E-state index contributed by atoms with van der Waals surface area (Å²) >= 11 is 5.91. The van der Waals surface area contributed by atoms with Gasteiger partial charge in [-0.15, -0.1) is 0 Å². The number of nitrogens with zero attached hydrogens (tertiary/aromatic N) is 3. The van der Waals surface area contributed by atoms with E-state index in [0.29, 0.717) is 43.3 Å². The molecular formula is C15H14ClN3O3. The van der Waals surface area contributed by atoms with Crippen LogP contribution >= 0.6 is 11.6 Å². The van der Waals surface area contributed by atoms with Gasteiger partial charge in [0.15, 0.2) is 0 Å². The van der Waals surface area contributed by atoms with E-state index in [4.69, 9.17) is 16.3 Å². The molecule has 0 atom stereocenters.